The van der Waals surface area contributed by atoms with Crippen molar-refractivity contribution in [1.82, 2.24) is 19.6 Å². The largest absolute Gasteiger partial charge is 0.377 e. The van der Waals surface area contributed by atoms with Crippen molar-refractivity contribution in [3.8, 4) is 0 Å². The molecule has 1 atom stereocenters. The number of hydrogen-bond acceptors (Lipinski definition) is 9. The molecule has 1 heterocycles. The summed E-state index contributed by atoms with van der Waals surface area (Å²) in [5.74, 6) is -1.32. The van der Waals surface area contributed by atoms with Crippen molar-refractivity contribution in [3.63, 3.8) is 0 Å². The van der Waals surface area contributed by atoms with Gasteiger partial charge in [0.1, 0.15) is 6.23 Å². The van der Waals surface area contributed by atoms with E-state index < -0.39 is 23.9 Å². The molecule has 0 radical (unpaired) electrons. The van der Waals surface area contributed by atoms with Gasteiger partial charge in [0.2, 0.25) is 17.7 Å². The summed E-state index contributed by atoms with van der Waals surface area (Å²) in [4.78, 5) is 41.8. The van der Waals surface area contributed by atoms with Crippen molar-refractivity contribution >= 4 is 17.7 Å². The molecule has 0 spiro atoms. The van der Waals surface area contributed by atoms with Crippen LogP contribution in [0.2, 0.25) is 0 Å². The molecule has 12 heteroatoms. The molecule has 0 aromatic rings. The Morgan fingerprint density at radius 3 is 1.11 bits per heavy atom. The molecule has 3 amide bonds. The molecule has 0 aliphatic carbocycles. The minimum atomic E-state index is -0.992. The summed E-state index contributed by atoms with van der Waals surface area (Å²) in [6, 6.07) is 0. The predicted octanol–water partition coefficient (Wildman–Crippen LogP) is -5.06. The third-order valence-corrected chi connectivity index (χ3v) is 4.51. The van der Waals surface area contributed by atoms with Crippen LogP contribution in [0.5, 0.6) is 0 Å². The fourth-order valence-electron chi connectivity index (χ4n) is 3.16. The summed E-state index contributed by atoms with van der Waals surface area (Å²) in [5.41, 5.74) is 21.5. The zero-order valence-electron chi connectivity index (χ0n) is 16.3. The van der Waals surface area contributed by atoms with Crippen LogP contribution >= 0.6 is 0 Å². The molecule has 9 N–H and O–H groups in total. The second-order valence-electron chi connectivity index (χ2n) is 7.10. The van der Waals surface area contributed by atoms with E-state index in [1.807, 2.05) is 19.6 Å². The first-order valence-corrected chi connectivity index (χ1v) is 9.33. The maximum absolute atomic E-state index is 11.4. The van der Waals surface area contributed by atoms with Crippen molar-refractivity contribution in [2.45, 2.75) is 6.23 Å². The Hall–Kier alpha value is -1.83. The maximum atomic E-state index is 11.4. The highest BCUT2D eigenvalue weighted by Gasteiger charge is 2.19. The Balaban J connectivity index is 2.89. The van der Waals surface area contributed by atoms with Crippen molar-refractivity contribution in [2.24, 2.45) is 22.9 Å². The van der Waals surface area contributed by atoms with Gasteiger partial charge in [-0.05, 0) is 0 Å². The number of aliphatic hydroxyl groups is 1. The lowest BCUT2D eigenvalue weighted by Crippen LogP contribution is -2.51. The monoisotopic (exact) mass is 402 g/mol. The van der Waals surface area contributed by atoms with Crippen molar-refractivity contribution in [2.75, 3.05) is 78.5 Å². The summed E-state index contributed by atoms with van der Waals surface area (Å²) in [5, 5.41) is 9.54. The van der Waals surface area contributed by atoms with Crippen LogP contribution < -0.4 is 22.9 Å². The zero-order valence-corrected chi connectivity index (χ0v) is 16.3. The van der Waals surface area contributed by atoms with Crippen LogP contribution in [0.25, 0.3) is 0 Å². The number of amides is 3. The van der Waals surface area contributed by atoms with Gasteiger partial charge in [-0.15, -0.1) is 0 Å². The standard InChI is InChI=1S/C16H34N8O4/c17-13(25)9-21-1-2-22(10-14(18)26)5-6-24(12-16(20)28)8-7-23(4-3-21)11-15(19)27/h13,25H,1-12,17H2,(H2,18,26)(H2,19,27)(H2,20,28). The van der Waals surface area contributed by atoms with Crippen LogP contribution in [0, 0.1) is 0 Å². The molecule has 162 valence electrons. The Labute approximate surface area is 165 Å². The van der Waals surface area contributed by atoms with Gasteiger partial charge in [-0.25, -0.2) is 0 Å². The quantitative estimate of drug-likeness (QED) is 0.247. The van der Waals surface area contributed by atoms with Crippen LogP contribution in [0.4, 0.5) is 0 Å². The van der Waals surface area contributed by atoms with Crippen LogP contribution in [0.3, 0.4) is 0 Å². The van der Waals surface area contributed by atoms with Gasteiger partial charge in [0.05, 0.1) is 19.6 Å². The number of carbonyl (C=O) groups is 3. The second-order valence-corrected chi connectivity index (χ2v) is 7.10. The highest BCUT2D eigenvalue weighted by atomic mass is 16.3. The number of nitrogens with two attached hydrogens (primary N) is 4. The molecular formula is C16H34N8O4. The van der Waals surface area contributed by atoms with Crippen LogP contribution in [0.15, 0.2) is 0 Å². The molecule has 28 heavy (non-hydrogen) atoms. The van der Waals surface area contributed by atoms with Gasteiger partial charge in [0.25, 0.3) is 0 Å². The SMILES string of the molecule is NC(=O)CN1CCN(CC(N)=O)CCN(CC(N)O)CCN(CC(N)=O)CC1. The van der Waals surface area contributed by atoms with Gasteiger partial charge in [-0.1, -0.05) is 0 Å². The number of nitrogens with zero attached hydrogens (tertiary/aromatic N) is 4. The van der Waals surface area contributed by atoms with E-state index in [9.17, 15) is 19.5 Å². The zero-order chi connectivity index (χ0) is 21.1. The average Bonchev–Trinajstić information content (AvgIpc) is 2.55. The molecular weight excluding hydrogens is 368 g/mol. The summed E-state index contributed by atoms with van der Waals surface area (Å²) in [6.07, 6.45) is -0.992. The minimum Gasteiger partial charge on any atom is -0.377 e. The van der Waals surface area contributed by atoms with E-state index in [1.165, 1.54) is 0 Å². The van der Waals surface area contributed by atoms with Crippen molar-refractivity contribution in [1.29, 1.82) is 0 Å². The topological polar surface area (TPSA) is 188 Å². The van der Waals surface area contributed by atoms with E-state index in [0.717, 1.165) is 0 Å². The fourth-order valence-corrected chi connectivity index (χ4v) is 3.16. The molecule has 0 aromatic heterocycles. The van der Waals surface area contributed by atoms with Crippen LogP contribution in [-0.4, -0.2) is 127 Å². The van der Waals surface area contributed by atoms with E-state index in [4.69, 9.17) is 22.9 Å². The van der Waals surface area contributed by atoms with E-state index in [2.05, 4.69) is 0 Å². The first kappa shape index (κ1) is 24.2. The Morgan fingerprint density at radius 1 is 0.643 bits per heavy atom. The molecule has 0 saturated carbocycles. The highest BCUT2D eigenvalue weighted by molar-refractivity contribution is 5.76. The summed E-state index contributed by atoms with van der Waals surface area (Å²) in [6.45, 7) is 4.79. The minimum absolute atomic E-state index is 0.0836. The van der Waals surface area contributed by atoms with E-state index in [-0.39, 0.29) is 26.2 Å². The molecule has 1 fully saturated rings. The number of primary amides is 3. The van der Waals surface area contributed by atoms with E-state index in [1.54, 1.807) is 0 Å². The summed E-state index contributed by atoms with van der Waals surface area (Å²) >= 11 is 0. The lowest BCUT2D eigenvalue weighted by Gasteiger charge is -2.33. The third kappa shape index (κ3) is 11.1. The van der Waals surface area contributed by atoms with Gasteiger partial charge in [0.15, 0.2) is 0 Å². The van der Waals surface area contributed by atoms with Crippen molar-refractivity contribution in [3.05, 3.63) is 0 Å². The molecule has 1 rings (SSSR count). The van der Waals surface area contributed by atoms with Gasteiger partial charge in [-0.3, -0.25) is 34.0 Å². The lowest BCUT2D eigenvalue weighted by molar-refractivity contribution is -0.121. The number of rotatable bonds is 8. The Kier molecular flexibility index (Phi) is 10.9. The van der Waals surface area contributed by atoms with Crippen molar-refractivity contribution < 1.29 is 19.5 Å². The molecule has 0 aromatic carbocycles. The van der Waals surface area contributed by atoms with Crippen LogP contribution in [-0.2, 0) is 14.4 Å². The van der Waals surface area contributed by atoms with Gasteiger partial charge >= 0.3 is 0 Å². The number of carbonyl (C=O) groups excluding carboxylic acids is 3. The van der Waals surface area contributed by atoms with E-state index >= 15 is 0 Å². The van der Waals surface area contributed by atoms with Gasteiger partial charge in [0, 0.05) is 58.9 Å². The smallest absolute Gasteiger partial charge is 0.231 e. The van der Waals surface area contributed by atoms with Gasteiger partial charge in [-0.2, -0.15) is 0 Å². The molecule has 1 unspecified atom stereocenters. The summed E-state index contributed by atoms with van der Waals surface area (Å²) in [7, 11) is 0. The first-order chi connectivity index (χ1) is 13.2. The lowest BCUT2D eigenvalue weighted by atomic mass is 10.3. The van der Waals surface area contributed by atoms with Crippen LogP contribution in [0.1, 0.15) is 0 Å². The maximum Gasteiger partial charge on any atom is 0.231 e. The predicted molar refractivity (Wildman–Crippen MR) is 104 cm³/mol. The Morgan fingerprint density at radius 2 is 0.893 bits per heavy atom. The normalized spacial score (nSPS) is 20.8. The van der Waals surface area contributed by atoms with Gasteiger partial charge < -0.3 is 28.0 Å². The molecule has 1 saturated heterocycles. The summed E-state index contributed by atoms with van der Waals surface area (Å²) < 4.78 is 0. The average molecular weight is 403 g/mol. The van der Waals surface area contributed by atoms with E-state index in [0.29, 0.717) is 52.4 Å². The fraction of sp³-hybridized carbons (Fsp3) is 0.812. The molecule has 1 aliphatic rings. The Bertz CT molecular complexity index is 487. The number of hydrogen-bond donors (Lipinski definition) is 5. The molecule has 1 aliphatic heterocycles. The first-order valence-electron chi connectivity index (χ1n) is 9.33. The second kappa shape index (κ2) is 12.6. The highest BCUT2D eigenvalue weighted by Crippen LogP contribution is 2.01. The third-order valence-electron chi connectivity index (χ3n) is 4.51. The number of β-amino-alcohol motifs (C(OH)–C–C–N with tert-alkyl or cyclic N) is 1. The molecule has 0 bridgehead atoms. The molecule has 12 nitrogen and oxygen atoms in total. The number of aliphatic hydroxyl groups excluding tert-OH is 1.